The maximum absolute atomic E-state index is 11.9. The minimum Gasteiger partial charge on any atom is -0.481 e. The number of hydrogen-bond donors (Lipinski definition) is 1. The zero-order chi connectivity index (χ0) is 11.5. The maximum Gasteiger partial charge on any atom is 0.315 e. The van der Waals surface area contributed by atoms with E-state index in [0.717, 1.165) is 11.9 Å². The molecule has 0 saturated heterocycles. The molecule has 0 bridgehead atoms. The van der Waals surface area contributed by atoms with Gasteiger partial charge in [-0.2, -0.15) is 0 Å². The molecule has 1 aromatic heterocycles. The van der Waals surface area contributed by atoms with Crippen LogP contribution in [0.4, 0.5) is 0 Å². The first-order chi connectivity index (χ1) is 7.68. The Labute approximate surface area is 94.9 Å². The van der Waals surface area contributed by atoms with Crippen molar-refractivity contribution in [1.29, 1.82) is 0 Å². The first kappa shape index (κ1) is 10.7. The van der Waals surface area contributed by atoms with Crippen molar-refractivity contribution in [3.63, 3.8) is 0 Å². The van der Waals surface area contributed by atoms with E-state index in [0.29, 0.717) is 10.9 Å². The topological polar surface area (TPSA) is 72.2 Å². The van der Waals surface area contributed by atoms with Crippen LogP contribution in [0.15, 0.2) is 35.4 Å². The number of aliphatic carboxylic acids is 1. The van der Waals surface area contributed by atoms with Crippen LogP contribution in [0.25, 0.3) is 10.9 Å². The molecule has 0 aliphatic rings. The van der Waals surface area contributed by atoms with E-state index in [-0.39, 0.29) is 11.3 Å². The molecule has 6 heteroatoms. The average molecular weight is 236 g/mol. The first-order valence-electron chi connectivity index (χ1n) is 4.50. The minimum absolute atomic E-state index is 0.167. The van der Waals surface area contributed by atoms with Crippen molar-refractivity contribution in [3.8, 4) is 0 Å². The number of fused-ring (bicyclic) bond motifs is 1. The highest BCUT2D eigenvalue weighted by Crippen LogP contribution is 2.08. The highest BCUT2D eigenvalue weighted by Gasteiger charge is 2.05. The van der Waals surface area contributed by atoms with Gasteiger partial charge in [0.15, 0.2) is 0 Å². The Morgan fingerprint density at radius 3 is 2.94 bits per heavy atom. The lowest BCUT2D eigenvalue weighted by molar-refractivity contribution is -0.133. The van der Waals surface area contributed by atoms with Crippen LogP contribution in [0.3, 0.4) is 0 Å². The van der Waals surface area contributed by atoms with Gasteiger partial charge >= 0.3 is 5.97 Å². The molecule has 0 saturated carbocycles. The van der Waals surface area contributed by atoms with Crippen LogP contribution in [0.2, 0.25) is 0 Å². The van der Waals surface area contributed by atoms with E-state index in [1.165, 1.54) is 10.3 Å². The number of nitrogens with zero attached hydrogens (tertiary/aromatic N) is 2. The van der Waals surface area contributed by atoms with Gasteiger partial charge in [-0.05, 0) is 24.1 Å². The van der Waals surface area contributed by atoms with Crippen LogP contribution in [0.5, 0.6) is 0 Å². The van der Waals surface area contributed by atoms with Crippen molar-refractivity contribution in [2.24, 2.45) is 0 Å². The number of rotatable bonds is 3. The third-order valence-corrected chi connectivity index (χ3v) is 2.88. The second kappa shape index (κ2) is 4.36. The van der Waals surface area contributed by atoms with Gasteiger partial charge in [0.1, 0.15) is 12.1 Å². The summed E-state index contributed by atoms with van der Waals surface area (Å²) in [5, 5.41) is 9.01. The molecular formula is C10H8N2O3S. The molecule has 2 aromatic rings. The Balaban J connectivity index is 2.45. The van der Waals surface area contributed by atoms with Crippen molar-refractivity contribution in [2.45, 2.75) is 0 Å². The predicted octanol–water partition coefficient (Wildman–Crippen LogP) is 0.977. The second-order valence-corrected chi connectivity index (χ2v) is 4.00. The number of carbonyl (C=O) groups is 1. The Morgan fingerprint density at radius 2 is 2.19 bits per heavy atom. The largest absolute Gasteiger partial charge is 0.481 e. The Bertz CT molecular complexity index is 594. The lowest BCUT2D eigenvalue weighted by Crippen LogP contribution is -2.17. The van der Waals surface area contributed by atoms with Gasteiger partial charge in [0, 0.05) is 0 Å². The van der Waals surface area contributed by atoms with Crippen molar-refractivity contribution < 1.29 is 9.90 Å². The number of carboxylic acid groups (broad SMARTS) is 1. The number of para-hydroxylation sites is 1. The summed E-state index contributed by atoms with van der Waals surface area (Å²) in [6, 6.07) is 6.95. The van der Waals surface area contributed by atoms with E-state index >= 15 is 0 Å². The lowest BCUT2D eigenvalue weighted by atomic mass is 10.2. The van der Waals surface area contributed by atoms with Crippen molar-refractivity contribution in [1.82, 2.24) is 8.96 Å². The Hall–Kier alpha value is -1.82. The van der Waals surface area contributed by atoms with Gasteiger partial charge in [0.2, 0.25) is 0 Å². The quantitative estimate of drug-likeness (QED) is 0.860. The molecule has 0 radical (unpaired) electrons. The Morgan fingerprint density at radius 1 is 1.44 bits per heavy atom. The van der Waals surface area contributed by atoms with Crippen molar-refractivity contribution >= 4 is 28.8 Å². The van der Waals surface area contributed by atoms with Gasteiger partial charge in [-0.3, -0.25) is 9.59 Å². The maximum atomic E-state index is 11.9. The summed E-state index contributed by atoms with van der Waals surface area (Å²) >= 11 is 0.912. The van der Waals surface area contributed by atoms with Gasteiger partial charge in [0.25, 0.3) is 5.56 Å². The van der Waals surface area contributed by atoms with Crippen molar-refractivity contribution in [2.75, 3.05) is 5.75 Å². The fourth-order valence-corrected chi connectivity index (χ4v) is 1.85. The second-order valence-electron chi connectivity index (χ2n) is 3.06. The van der Waals surface area contributed by atoms with Crippen LogP contribution in [0, 0.1) is 0 Å². The molecule has 0 aliphatic heterocycles. The van der Waals surface area contributed by atoms with Gasteiger partial charge in [-0.15, -0.1) is 0 Å². The molecule has 82 valence electrons. The Kier molecular flexibility index (Phi) is 2.91. The van der Waals surface area contributed by atoms with Crippen LogP contribution in [0.1, 0.15) is 0 Å². The summed E-state index contributed by atoms with van der Waals surface area (Å²) in [5.74, 6) is -1.13. The van der Waals surface area contributed by atoms with Crippen molar-refractivity contribution in [3.05, 3.63) is 40.9 Å². The molecule has 0 atom stereocenters. The molecule has 16 heavy (non-hydrogen) atoms. The lowest BCUT2D eigenvalue weighted by Gasteiger charge is -2.02. The first-order valence-corrected chi connectivity index (χ1v) is 5.44. The highest BCUT2D eigenvalue weighted by molar-refractivity contribution is 7.98. The molecule has 1 aromatic carbocycles. The summed E-state index contributed by atoms with van der Waals surface area (Å²) in [6.45, 7) is 0. The summed E-state index contributed by atoms with van der Waals surface area (Å²) in [5.41, 5.74) is 0.372. The summed E-state index contributed by atoms with van der Waals surface area (Å²) in [4.78, 5) is 26.3. The molecule has 0 spiro atoms. The SMILES string of the molecule is O=C(O)CSn1cnc2ccccc2c1=O. The molecule has 0 amide bonds. The zero-order valence-electron chi connectivity index (χ0n) is 8.16. The number of benzene rings is 1. The monoisotopic (exact) mass is 236 g/mol. The van der Waals surface area contributed by atoms with Crippen LogP contribution >= 0.6 is 11.9 Å². The van der Waals surface area contributed by atoms with E-state index in [9.17, 15) is 9.59 Å². The van der Waals surface area contributed by atoms with E-state index in [1.807, 2.05) is 0 Å². The predicted molar refractivity (Wildman–Crippen MR) is 61.5 cm³/mol. The third-order valence-electron chi connectivity index (χ3n) is 1.96. The van der Waals surface area contributed by atoms with E-state index in [2.05, 4.69) is 4.98 Å². The average Bonchev–Trinajstić information content (AvgIpc) is 2.28. The summed E-state index contributed by atoms with van der Waals surface area (Å²) in [6.07, 6.45) is 1.35. The highest BCUT2D eigenvalue weighted by atomic mass is 32.2. The molecule has 0 unspecified atom stereocenters. The van der Waals surface area contributed by atoms with Crippen LogP contribution in [-0.2, 0) is 4.79 Å². The molecule has 1 N–H and O–H groups in total. The number of hydrogen-bond acceptors (Lipinski definition) is 4. The molecule has 2 rings (SSSR count). The van der Waals surface area contributed by atoms with Crippen LogP contribution in [-0.4, -0.2) is 25.8 Å². The molecule has 0 aliphatic carbocycles. The fraction of sp³-hybridized carbons (Fsp3) is 0.100. The van der Waals surface area contributed by atoms with Gasteiger partial charge in [-0.25, -0.2) is 8.96 Å². The van der Waals surface area contributed by atoms with E-state index in [4.69, 9.17) is 5.11 Å². The minimum atomic E-state index is -0.968. The fourth-order valence-electron chi connectivity index (χ4n) is 1.27. The third kappa shape index (κ3) is 2.06. The smallest absolute Gasteiger partial charge is 0.315 e. The molecule has 0 fully saturated rings. The van der Waals surface area contributed by atoms with E-state index in [1.54, 1.807) is 24.3 Å². The van der Waals surface area contributed by atoms with Gasteiger partial charge in [-0.1, -0.05) is 12.1 Å². The summed E-state index contributed by atoms with van der Waals surface area (Å²) < 4.78 is 1.23. The summed E-state index contributed by atoms with van der Waals surface area (Å²) in [7, 11) is 0. The van der Waals surface area contributed by atoms with Gasteiger partial charge < -0.3 is 5.11 Å². The number of aromatic nitrogens is 2. The molecule has 5 nitrogen and oxygen atoms in total. The standard InChI is InChI=1S/C10H8N2O3S/c13-9(14)5-16-12-6-11-8-4-2-1-3-7(8)10(12)15/h1-4,6H,5H2,(H,13,14). The number of carboxylic acids is 1. The normalized spacial score (nSPS) is 10.5. The molecular weight excluding hydrogens is 228 g/mol. The van der Waals surface area contributed by atoms with Gasteiger partial charge in [0.05, 0.1) is 10.9 Å². The molecule has 1 heterocycles. The van der Waals surface area contributed by atoms with Crippen LogP contribution < -0.4 is 5.56 Å². The zero-order valence-corrected chi connectivity index (χ0v) is 8.98. The van der Waals surface area contributed by atoms with E-state index < -0.39 is 5.97 Å².